The van der Waals surface area contributed by atoms with Crippen molar-refractivity contribution in [2.24, 2.45) is 0 Å². The molecule has 1 atom stereocenters. The average molecular weight is 253 g/mol. The first-order valence-electron chi connectivity index (χ1n) is 7.54. The first kappa shape index (κ1) is 13.8. The zero-order valence-electron chi connectivity index (χ0n) is 11.7. The first-order chi connectivity index (χ1) is 8.81. The lowest BCUT2D eigenvalue weighted by Gasteiger charge is -2.35. The van der Waals surface area contributed by atoms with Gasteiger partial charge in [0.05, 0.1) is 6.54 Å². The predicted molar refractivity (Wildman–Crippen MR) is 73.6 cm³/mol. The van der Waals surface area contributed by atoms with Crippen molar-refractivity contribution in [2.75, 3.05) is 39.3 Å². The van der Waals surface area contributed by atoms with Crippen molar-refractivity contribution in [3.05, 3.63) is 0 Å². The van der Waals surface area contributed by atoms with Gasteiger partial charge < -0.3 is 10.2 Å². The summed E-state index contributed by atoms with van der Waals surface area (Å²) in [6.07, 6.45) is 5.97. The molecule has 2 saturated heterocycles. The van der Waals surface area contributed by atoms with Crippen LogP contribution in [0.4, 0.5) is 0 Å². The highest BCUT2D eigenvalue weighted by molar-refractivity contribution is 5.78. The van der Waals surface area contributed by atoms with Crippen LogP contribution < -0.4 is 5.32 Å². The van der Waals surface area contributed by atoms with Crippen molar-refractivity contribution in [1.29, 1.82) is 0 Å². The smallest absolute Gasteiger partial charge is 0.236 e. The van der Waals surface area contributed by atoms with E-state index in [-0.39, 0.29) is 0 Å². The van der Waals surface area contributed by atoms with E-state index in [2.05, 4.69) is 17.1 Å². The van der Waals surface area contributed by atoms with Crippen molar-refractivity contribution in [3.8, 4) is 0 Å². The Bertz CT molecular complexity index is 258. The van der Waals surface area contributed by atoms with Crippen LogP contribution in [0.2, 0.25) is 0 Å². The highest BCUT2D eigenvalue weighted by atomic mass is 16.2. The SMILES string of the molecule is CCCN(CC(=O)N1CCCC1)C1CCCNC1. The number of piperidine rings is 1. The Morgan fingerprint density at radius 1 is 1.33 bits per heavy atom. The maximum Gasteiger partial charge on any atom is 0.236 e. The van der Waals surface area contributed by atoms with Crippen LogP contribution >= 0.6 is 0 Å². The molecule has 1 N–H and O–H groups in total. The molecule has 0 saturated carbocycles. The number of nitrogens with zero attached hydrogens (tertiary/aromatic N) is 2. The fourth-order valence-electron chi connectivity index (χ4n) is 3.06. The molecule has 1 amide bonds. The first-order valence-corrected chi connectivity index (χ1v) is 7.54. The van der Waals surface area contributed by atoms with Gasteiger partial charge in [0.25, 0.3) is 0 Å². The molecule has 0 spiro atoms. The number of carbonyl (C=O) groups excluding carboxylic acids is 1. The minimum atomic E-state index is 0.339. The monoisotopic (exact) mass is 253 g/mol. The largest absolute Gasteiger partial charge is 0.342 e. The van der Waals surface area contributed by atoms with Crippen LogP contribution in [0.5, 0.6) is 0 Å². The van der Waals surface area contributed by atoms with Gasteiger partial charge in [0.1, 0.15) is 0 Å². The summed E-state index contributed by atoms with van der Waals surface area (Å²) in [5, 5.41) is 3.45. The van der Waals surface area contributed by atoms with Crippen LogP contribution in [-0.2, 0) is 4.79 Å². The highest BCUT2D eigenvalue weighted by Crippen LogP contribution is 2.13. The van der Waals surface area contributed by atoms with E-state index in [1.54, 1.807) is 0 Å². The maximum absolute atomic E-state index is 12.2. The average Bonchev–Trinajstić information content (AvgIpc) is 2.93. The van der Waals surface area contributed by atoms with Crippen molar-refractivity contribution in [2.45, 2.75) is 45.1 Å². The molecule has 2 aliphatic heterocycles. The van der Waals surface area contributed by atoms with Gasteiger partial charge in [0, 0.05) is 25.7 Å². The van der Waals surface area contributed by atoms with Crippen LogP contribution in [0.1, 0.15) is 39.0 Å². The van der Waals surface area contributed by atoms with Crippen LogP contribution in [0.25, 0.3) is 0 Å². The second-order valence-corrected chi connectivity index (χ2v) is 5.56. The number of carbonyl (C=O) groups is 1. The Kier molecular flexibility index (Phi) is 5.45. The van der Waals surface area contributed by atoms with Gasteiger partial charge in [-0.15, -0.1) is 0 Å². The second kappa shape index (κ2) is 7.10. The number of likely N-dealkylation sites (tertiary alicyclic amines) is 1. The molecule has 0 bridgehead atoms. The fourth-order valence-corrected chi connectivity index (χ4v) is 3.06. The van der Waals surface area contributed by atoms with Crippen molar-refractivity contribution in [3.63, 3.8) is 0 Å². The van der Waals surface area contributed by atoms with Gasteiger partial charge in [-0.2, -0.15) is 0 Å². The summed E-state index contributed by atoms with van der Waals surface area (Å²) in [5.41, 5.74) is 0. The van der Waals surface area contributed by atoms with Gasteiger partial charge in [-0.3, -0.25) is 9.69 Å². The van der Waals surface area contributed by atoms with Crippen molar-refractivity contribution < 1.29 is 4.79 Å². The minimum absolute atomic E-state index is 0.339. The Morgan fingerprint density at radius 2 is 2.11 bits per heavy atom. The third-order valence-corrected chi connectivity index (χ3v) is 4.10. The lowest BCUT2D eigenvalue weighted by Crippen LogP contribution is -2.50. The van der Waals surface area contributed by atoms with Crippen molar-refractivity contribution >= 4 is 5.91 Å². The Labute approximate surface area is 111 Å². The molecular weight excluding hydrogens is 226 g/mol. The van der Waals surface area contributed by atoms with E-state index < -0.39 is 0 Å². The molecule has 2 aliphatic rings. The molecule has 2 fully saturated rings. The van der Waals surface area contributed by atoms with Gasteiger partial charge >= 0.3 is 0 Å². The number of nitrogens with one attached hydrogen (secondary N) is 1. The van der Waals surface area contributed by atoms with Gasteiger partial charge in [-0.25, -0.2) is 0 Å². The topological polar surface area (TPSA) is 35.6 Å². The molecule has 18 heavy (non-hydrogen) atoms. The highest BCUT2D eigenvalue weighted by Gasteiger charge is 2.25. The van der Waals surface area contributed by atoms with Crippen LogP contribution in [-0.4, -0.2) is 61.0 Å². The molecule has 0 aromatic heterocycles. The molecule has 4 heteroatoms. The second-order valence-electron chi connectivity index (χ2n) is 5.56. The maximum atomic E-state index is 12.2. The molecule has 104 valence electrons. The summed E-state index contributed by atoms with van der Waals surface area (Å²) in [7, 11) is 0. The summed E-state index contributed by atoms with van der Waals surface area (Å²) in [4.78, 5) is 16.7. The summed E-state index contributed by atoms with van der Waals surface area (Å²) < 4.78 is 0. The van der Waals surface area contributed by atoms with E-state index in [1.165, 1.54) is 25.7 Å². The molecule has 0 aromatic rings. The lowest BCUT2D eigenvalue weighted by atomic mass is 10.1. The molecule has 0 aliphatic carbocycles. The summed E-state index contributed by atoms with van der Waals surface area (Å²) in [5.74, 6) is 0.339. The van der Waals surface area contributed by atoms with E-state index in [0.29, 0.717) is 18.5 Å². The van der Waals surface area contributed by atoms with Gasteiger partial charge in [-0.05, 0) is 45.2 Å². The van der Waals surface area contributed by atoms with Gasteiger partial charge in [0.15, 0.2) is 0 Å². The van der Waals surface area contributed by atoms with Crippen molar-refractivity contribution in [1.82, 2.24) is 15.1 Å². The zero-order valence-corrected chi connectivity index (χ0v) is 11.7. The quantitative estimate of drug-likeness (QED) is 0.796. The number of hydrogen-bond acceptors (Lipinski definition) is 3. The van der Waals surface area contributed by atoms with E-state index in [0.717, 1.165) is 39.1 Å². The number of hydrogen-bond donors (Lipinski definition) is 1. The van der Waals surface area contributed by atoms with Crippen LogP contribution in [0, 0.1) is 0 Å². The molecule has 0 aromatic carbocycles. The summed E-state index contributed by atoms with van der Waals surface area (Å²) in [6.45, 7) is 8.00. The van der Waals surface area contributed by atoms with Gasteiger partial charge in [-0.1, -0.05) is 6.92 Å². The van der Waals surface area contributed by atoms with Crippen LogP contribution in [0.15, 0.2) is 0 Å². The van der Waals surface area contributed by atoms with E-state index in [1.807, 2.05) is 4.90 Å². The van der Waals surface area contributed by atoms with E-state index in [4.69, 9.17) is 0 Å². The number of rotatable bonds is 5. The Hall–Kier alpha value is -0.610. The molecule has 1 unspecified atom stereocenters. The molecule has 4 nitrogen and oxygen atoms in total. The Morgan fingerprint density at radius 3 is 2.72 bits per heavy atom. The minimum Gasteiger partial charge on any atom is -0.342 e. The normalized spacial score (nSPS) is 24.8. The molecular formula is C14H27N3O. The predicted octanol–water partition coefficient (Wildman–Crippen LogP) is 1.07. The molecule has 0 radical (unpaired) electrons. The van der Waals surface area contributed by atoms with Gasteiger partial charge in [0.2, 0.25) is 5.91 Å². The van der Waals surface area contributed by atoms with E-state index >= 15 is 0 Å². The fraction of sp³-hybridized carbons (Fsp3) is 0.929. The third-order valence-electron chi connectivity index (χ3n) is 4.10. The summed E-state index contributed by atoms with van der Waals surface area (Å²) >= 11 is 0. The molecule has 2 rings (SSSR count). The third kappa shape index (κ3) is 3.69. The van der Waals surface area contributed by atoms with Crippen LogP contribution in [0.3, 0.4) is 0 Å². The summed E-state index contributed by atoms with van der Waals surface area (Å²) in [6, 6.07) is 0.560. The zero-order chi connectivity index (χ0) is 12.8. The Balaban J connectivity index is 1.85. The molecule has 2 heterocycles. The number of amides is 1. The van der Waals surface area contributed by atoms with E-state index in [9.17, 15) is 4.79 Å². The lowest BCUT2D eigenvalue weighted by molar-refractivity contribution is -0.132. The standard InChI is InChI=1S/C14H27N3O/c1-2-8-17(13-6-5-7-15-11-13)12-14(18)16-9-3-4-10-16/h13,15H,2-12H2,1H3.